The number of thiocarbonyl (C=S) groups is 1. The SMILES string of the molecule is CCOc1cc(NC(=S)NCCc2ccc(F)cc2)ccc1NC(=O)c1ccccc1F. The Balaban J connectivity index is 1.60. The Bertz CT molecular complexity index is 1090. The summed E-state index contributed by atoms with van der Waals surface area (Å²) in [5, 5.41) is 9.26. The summed E-state index contributed by atoms with van der Waals surface area (Å²) in [5.74, 6) is -1.00. The van der Waals surface area contributed by atoms with Crippen molar-refractivity contribution in [3.05, 3.63) is 89.5 Å². The number of hydrogen-bond donors (Lipinski definition) is 3. The zero-order valence-electron chi connectivity index (χ0n) is 17.5. The summed E-state index contributed by atoms with van der Waals surface area (Å²) in [4.78, 5) is 12.4. The zero-order valence-corrected chi connectivity index (χ0v) is 18.3. The third-order valence-electron chi connectivity index (χ3n) is 4.52. The molecule has 0 heterocycles. The lowest BCUT2D eigenvalue weighted by molar-refractivity contribution is 0.102. The molecule has 3 aromatic carbocycles. The Morgan fingerprint density at radius 3 is 2.47 bits per heavy atom. The van der Waals surface area contributed by atoms with Crippen LogP contribution in [0.2, 0.25) is 0 Å². The molecule has 0 spiro atoms. The zero-order chi connectivity index (χ0) is 22.9. The minimum atomic E-state index is -0.599. The van der Waals surface area contributed by atoms with E-state index in [-0.39, 0.29) is 11.4 Å². The highest BCUT2D eigenvalue weighted by molar-refractivity contribution is 7.80. The molecule has 0 aromatic heterocycles. The van der Waals surface area contributed by atoms with Gasteiger partial charge in [0.15, 0.2) is 5.11 Å². The van der Waals surface area contributed by atoms with Gasteiger partial charge in [-0.25, -0.2) is 8.78 Å². The number of amides is 1. The average molecular weight is 456 g/mol. The second-order valence-corrected chi connectivity index (χ2v) is 7.24. The molecule has 0 radical (unpaired) electrons. The number of ether oxygens (including phenoxy) is 1. The van der Waals surface area contributed by atoms with Crippen molar-refractivity contribution in [2.75, 3.05) is 23.8 Å². The van der Waals surface area contributed by atoms with Gasteiger partial charge < -0.3 is 20.7 Å². The lowest BCUT2D eigenvalue weighted by Gasteiger charge is -2.15. The molecule has 8 heteroatoms. The number of benzene rings is 3. The topological polar surface area (TPSA) is 62.4 Å². The molecular weight excluding hydrogens is 432 g/mol. The molecule has 3 N–H and O–H groups in total. The molecule has 0 aliphatic heterocycles. The summed E-state index contributed by atoms with van der Waals surface area (Å²) in [6, 6.07) is 17.2. The van der Waals surface area contributed by atoms with Gasteiger partial charge >= 0.3 is 0 Å². The van der Waals surface area contributed by atoms with Crippen molar-refractivity contribution in [3.63, 3.8) is 0 Å². The van der Waals surface area contributed by atoms with Gasteiger partial charge in [-0.15, -0.1) is 0 Å². The first kappa shape index (κ1) is 23.1. The van der Waals surface area contributed by atoms with Crippen LogP contribution in [0, 0.1) is 11.6 Å². The molecule has 166 valence electrons. The fourth-order valence-corrected chi connectivity index (χ4v) is 3.18. The highest BCUT2D eigenvalue weighted by atomic mass is 32.1. The maximum absolute atomic E-state index is 13.9. The van der Waals surface area contributed by atoms with Gasteiger partial charge in [0.2, 0.25) is 0 Å². The number of halogens is 2. The van der Waals surface area contributed by atoms with Crippen LogP contribution in [0.25, 0.3) is 0 Å². The van der Waals surface area contributed by atoms with E-state index < -0.39 is 11.7 Å². The van der Waals surface area contributed by atoms with Crippen LogP contribution in [0.15, 0.2) is 66.7 Å². The van der Waals surface area contributed by atoms with Gasteiger partial charge in [0.05, 0.1) is 17.9 Å². The first-order valence-corrected chi connectivity index (χ1v) is 10.5. The summed E-state index contributed by atoms with van der Waals surface area (Å²) in [6.45, 7) is 2.78. The minimum Gasteiger partial charge on any atom is -0.492 e. The summed E-state index contributed by atoms with van der Waals surface area (Å²) < 4.78 is 32.5. The average Bonchev–Trinajstić information content (AvgIpc) is 2.77. The molecule has 1 amide bonds. The van der Waals surface area contributed by atoms with Gasteiger partial charge in [0, 0.05) is 18.3 Å². The number of carbonyl (C=O) groups is 1. The summed E-state index contributed by atoms with van der Waals surface area (Å²) in [5.41, 5.74) is 2.02. The lowest BCUT2D eigenvalue weighted by Crippen LogP contribution is -2.30. The summed E-state index contributed by atoms with van der Waals surface area (Å²) >= 11 is 5.33. The second-order valence-electron chi connectivity index (χ2n) is 6.84. The smallest absolute Gasteiger partial charge is 0.258 e. The van der Waals surface area contributed by atoms with E-state index in [0.29, 0.717) is 41.8 Å². The van der Waals surface area contributed by atoms with Gasteiger partial charge in [-0.3, -0.25) is 4.79 Å². The molecule has 3 rings (SSSR count). The summed E-state index contributed by atoms with van der Waals surface area (Å²) in [7, 11) is 0. The van der Waals surface area contributed by atoms with Gasteiger partial charge in [-0.2, -0.15) is 0 Å². The first-order valence-electron chi connectivity index (χ1n) is 10.1. The highest BCUT2D eigenvalue weighted by Gasteiger charge is 2.14. The quantitative estimate of drug-likeness (QED) is 0.411. The maximum Gasteiger partial charge on any atom is 0.258 e. The molecule has 0 saturated heterocycles. The van der Waals surface area contributed by atoms with E-state index in [0.717, 1.165) is 5.56 Å². The molecule has 32 heavy (non-hydrogen) atoms. The van der Waals surface area contributed by atoms with Crippen molar-refractivity contribution in [1.82, 2.24) is 5.32 Å². The molecule has 0 aliphatic carbocycles. The van der Waals surface area contributed by atoms with E-state index in [9.17, 15) is 13.6 Å². The van der Waals surface area contributed by atoms with Crippen molar-refractivity contribution in [1.29, 1.82) is 0 Å². The second kappa shape index (κ2) is 11.2. The number of hydrogen-bond acceptors (Lipinski definition) is 3. The largest absolute Gasteiger partial charge is 0.492 e. The van der Waals surface area contributed by atoms with Gasteiger partial charge in [-0.05, 0) is 67.5 Å². The van der Waals surface area contributed by atoms with Crippen molar-refractivity contribution >= 4 is 34.6 Å². The monoisotopic (exact) mass is 455 g/mol. The Morgan fingerprint density at radius 1 is 1.00 bits per heavy atom. The Hall–Kier alpha value is -3.52. The van der Waals surface area contributed by atoms with Crippen LogP contribution in [0.5, 0.6) is 5.75 Å². The standard InChI is InChI=1S/C24H23F2N3O2S/c1-2-31-22-15-18(28-24(32)27-14-13-16-7-9-17(25)10-8-16)11-12-21(22)29-23(30)19-5-3-4-6-20(19)26/h3-12,15H,2,13-14H2,1H3,(H,29,30)(H2,27,28,32). The molecule has 3 aromatic rings. The molecule has 0 aliphatic rings. The Kier molecular flexibility index (Phi) is 8.10. The molecule has 5 nitrogen and oxygen atoms in total. The van der Waals surface area contributed by atoms with Crippen LogP contribution < -0.4 is 20.7 Å². The molecule has 0 unspecified atom stereocenters. The lowest BCUT2D eigenvalue weighted by atomic mass is 10.1. The number of anilines is 2. The highest BCUT2D eigenvalue weighted by Crippen LogP contribution is 2.29. The number of carbonyl (C=O) groups excluding carboxylic acids is 1. The van der Waals surface area contributed by atoms with E-state index in [2.05, 4.69) is 16.0 Å². The van der Waals surface area contributed by atoms with Crippen LogP contribution in [0.4, 0.5) is 20.2 Å². The van der Waals surface area contributed by atoms with E-state index >= 15 is 0 Å². The van der Waals surface area contributed by atoms with Gasteiger partial charge in [0.25, 0.3) is 5.91 Å². The maximum atomic E-state index is 13.9. The van der Waals surface area contributed by atoms with Crippen LogP contribution in [0.1, 0.15) is 22.8 Å². The fourth-order valence-electron chi connectivity index (χ4n) is 2.96. The molecule has 0 atom stereocenters. The predicted molar refractivity (Wildman–Crippen MR) is 126 cm³/mol. The van der Waals surface area contributed by atoms with Crippen molar-refractivity contribution in [3.8, 4) is 5.75 Å². The molecule has 0 bridgehead atoms. The van der Waals surface area contributed by atoms with Crippen LogP contribution in [-0.2, 0) is 6.42 Å². The number of rotatable bonds is 8. The van der Waals surface area contributed by atoms with E-state index in [1.54, 1.807) is 36.4 Å². The van der Waals surface area contributed by atoms with Crippen LogP contribution in [-0.4, -0.2) is 24.2 Å². The molecule has 0 fully saturated rings. The van der Waals surface area contributed by atoms with Gasteiger partial charge in [-0.1, -0.05) is 24.3 Å². The Labute approximate surface area is 190 Å². The van der Waals surface area contributed by atoms with Crippen molar-refractivity contribution in [2.45, 2.75) is 13.3 Å². The van der Waals surface area contributed by atoms with E-state index in [1.807, 2.05) is 6.92 Å². The Morgan fingerprint density at radius 2 is 1.75 bits per heavy atom. The van der Waals surface area contributed by atoms with E-state index in [1.165, 1.54) is 30.3 Å². The van der Waals surface area contributed by atoms with Gasteiger partial charge in [0.1, 0.15) is 17.4 Å². The van der Waals surface area contributed by atoms with Crippen LogP contribution in [0.3, 0.4) is 0 Å². The van der Waals surface area contributed by atoms with Crippen LogP contribution >= 0.6 is 12.2 Å². The van der Waals surface area contributed by atoms with Crippen molar-refractivity contribution in [2.24, 2.45) is 0 Å². The summed E-state index contributed by atoms with van der Waals surface area (Å²) in [6.07, 6.45) is 0.688. The minimum absolute atomic E-state index is 0.0521. The van der Waals surface area contributed by atoms with Crippen molar-refractivity contribution < 1.29 is 18.3 Å². The number of nitrogens with one attached hydrogen (secondary N) is 3. The molecular formula is C24H23F2N3O2S. The fraction of sp³-hybridized carbons (Fsp3) is 0.167. The third-order valence-corrected chi connectivity index (χ3v) is 4.76. The van der Waals surface area contributed by atoms with E-state index in [4.69, 9.17) is 17.0 Å². The predicted octanol–water partition coefficient (Wildman–Crippen LogP) is 5.14. The molecule has 0 saturated carbocycles. The third kappa shape index (κ3) is 6.49. The first-order chi connectivity index (χ1) is 15.5. The normalized spacial score (nSPS) is 10.3.